The second kappa shape index (κ2) is 5.00. The third kappa shape index (κ3) is 2.27. The number of hydrogen-bond donors (Lipinski definition) is 2. The normalized spacial score (nSPS) is 17.7. The molecule has 0 spiro atoms. The van der Waals surface area contributed by atoms with Crippen LogP contribution < -0.4 is 10.6 Å². The van der Waals surface area contributed by atoms with Crippen LogP contribution in [0.15, 0.2) is 42.5 Å². The van der Waals surface area contributed by atoms with Gasteiger partial charge in [-0.1, -0.05) is 36.4 Å². The first-order valence-electron chi connectivity index (χ1n) is 6.86. The summed E-state index contributed by atoms with van der Waals surface area (Å²) in [6.45, 7) is 4.75. The summed E-state index contributed by atoms with van der Waals surface area (Å²) in [6, 6.07) is 14.1. The van der Waals surface area contributed by atoms with E-state index < -0.39 is 0 Å². The van der Waals surface area contributed by atoms with Crippen molar-refractivity contribution < 1.29 is 4.79 Å². The van der Waals surface area contributed by atoms with Crippen LogP contribution in [0.4, 0.5) is 5.69 Å². The maximum absolute atomic E-state index is 12.4. The molecule has 3 rings (SSSR count). The molecule has 1 amide bonds. The molecule has 1 heterocycles. The van der Waals surface area contributed by atoms with Gasteiger partial charge >= 0.3 is 0 Å². The van der Waals surface area contributed by atoms with Crippen LogP contribution in [-0.4, -0.2) is 12.5 Å². The summed E-state index contributed by atoms with van der Waals surface area (Å²) in [5.41, 5.74) is 5.03. The van der Waals surface area contributed by atoms with Gasteiger partial charge in [-0.15, -0.1) is 0 Å². The molecule has 1 unspecified atom stereocenters. The van der Waals surface area contributed by atoms with E-state index >= 15 is 0 Å². The molecule has 0 aliphatic carbocycles. The standard InChI is InChI=1S/C17H18N2O/c1-11-8-12(2)16-14(9-11)17(20)19-15(10-18-16)13-6-4-3-5-7-13/h3-9,15,18H,10H2,1-2H3,(H,19,20). The van der Waals surface area contributed by atoms with Crippen LogP contribution in [0, 0.1) is 13.8 Å². The molecule has 102 valence electrons. The van der Waals surface area contributed by atoms with Gasteiger partial charge in [0.1, 0.15) is 0 Å². The lowest BCUT2D eigenvalue weighted by Gasteiger charge is -2.16. The number of anilines is 1. The second-order valence-corrected chi connectivity index (χ2v) is 5.32. The van der Waals surface area contributed by atoms with Crippen LogP contribution in [0.3, 0.4) is 0 Å². The van der Waals surface area contributed by atoms with Crippen molar-refractivity contribution in [2.75, 3.05) is 11.9 Å². The predicted octanol–water partition coefficient (Wildman–Crippen LogP) is 3.20. The molecule has 1 aliphatic heterocycles. The lowest BCUT2D eigenvalue weighted by atomic mass is 10.0. The van der Waals surface area contributed by atoms with E-state index in [4.69, 9.17) is 0 Å². The lowest BCUT2D eigenvalue weighted by molar-refractivity contribution is 0.0942. The average Bonchev–Trinajstić information content (AvgIpc) is 2.60. The van der Waals surface area contributed by atoms with Crippen molar-refractivity contribution in [1.82, 2.24) is 5.32 Å². The van der Waals surface area contributed by atoms with Crippen LogP contribution >= 0.6 is 0 Å². The van der Waals surface area contributed by atoms with E-state index in [0.717, 1.165) is 27.9 Å². The van der Waals surface area contributed by atoms with Gasteiger partial charge in [0.15, 0.2) is 0 Å². The lowest BCUT2D eigenvalue weighted by Crippen LogP contribution is -2.29. The monoisotopic (exact) mass is 266 g/mol. The fourth-order valence-corrected chi connectivity index (χ4v) is 2.76. The van der Waals surface area contributed by atoms with Crippen molar-refractivity contribution in [3.05, 3.63) is 64.7 Å². The fourth-order valence-electron chi connectivity index (χ4n) is 2.76. The van der Waals surface area contributed by atoms with Crippen LogP contribution in [0.25, 0.3) is 0 Å². The highest BCUT2D eigenvalue weighted by molar-refractivity contribution is 6.01. The van der Waals surface area contributed by atoms with Crippen molar-refractivity contribution in [1.29, 1.82) is 0 Å². The number of carbonyl (C=O) groups excluding carboxylic acids is 1. The molecule has 0 aromatic heterocycles. The minimum Gasteiger partial charge on any atom is -0.382 e. The molecule has 2 aromatic rings. The first kappa shape index (κ1) is 12.7. The summed E-state index contributed by atoms with van der Waals surface area (Å²) in [5, 5.41) is 6.52. The SMILES string of the molecule is Cc1cc(C)c2c(c1)C(=O)NC(c1ccccc1)CN2. The maximum Gasteiger partial charge on any atom is 0.253 e. The minimum atomic E-state index is -0.00865. The molecular weight excluding hydrogens is 248 g/mol. The summed E-state index contributed by atoms with van der Waals surface area (Å²) >= 11 is 0. The number of aryl methyl sites for hydroxylation is 2. The molecule has 2 aromatic carbocycles. The fraction of sp³-hybridized carbons (Fsp3) is 0.235. The summed E-state index contributed by atoms with van der Waals surface area (Å²) < 4.78 is 0. The molecule has 20 heavy (non-hydrogen) atoms. The Kier molecular flexibility index (Phi) is 3.18. The third-order valence-electron chi connectivity index (χ3n) is 3.71. The summed E-state index contributed by atoms with van der Waals surface area (Å²) in [6.07, 6.45) is 0. The van der Waals surface area contributed by atoms with Gasteiger partial charge in [-0.25, -0.2) is 0 Å². The molecule has 0 fully saturated rings. The predicted molar refractivity (Wildman–Crippen MR) is 81.1 cm³/mol. The van der Waals surface area contributed by atoms with Crippen LogP contribution in [0.2, 0.25) is 0 Å². The Labute approximate surface area is 119 Å². The average molecular weight is 266 g/mol. The zero-order valence-electron chi connectivity index (χ0n) is 11.7. The van der Waals surface area contributed by atoms with Gasteiger partial charge in [0.05, 0.1) is 11.6 Å². The Bertz CT molecular complexity index is 650. The summed E-state index contributed by atoms with van der Waals surface area (Å²) in [4.78, 5) is 12.4. The van der Waals surface area contributed by atoms with Gasteiger partial charge in [-0.05, 0) is 36.6 Å². The molecule has 2 N–H and O–H groups in total. The Hall–Kier alpha value is -2.29. The van der Waals surface area contributed by atoms with Gasteiger partial charge in [-0.2, -0.15) is 0 Å². The van der Waals surface area contributed by atoms with E-state index in [1.807, 2.05) is 50.2 Å². The van der Waals surface area contributed by atoms with Crippen molar-refractivity contribution in [2.24, 2.45) is 0 Å². The van der Waals surface area contributed by atoms with Gasteiger partial charge in [0.25, 0.3) is 5.91 Å². The second-order valence-electron chi connectivity index (χ2n) is 5.32. The number of benzene rings is 2. The molecule has 0 saturated carbocycles. The Morgan fingerprint density at radius 2 is 1.85 bits per heavy atom. The quantitative estimate of drug-likeness (QED) is 0.832. The summed E-state index contributed by atoms with van der Waals surface area (Å²) in [7, 11) is 0. The molecule has 3 heteroatoms. The zero-order valence-corrected chi connectivity index (χ0v) is 11.7. The molecule has 1 atom stereocenters. The van der Waals surface area contributed by atoms with Gasteiger partial charge in [0.2, 0.25) is 0 Å². The van der Waals surface area contributed by atoms with Crippen molar-refractivity contribution in [3.63, 3.8) is 0 Å². The van der Waals surface area contributed by atoms with Crippen molar-refractivity contribution in [2.45, 2.75) is 19.9 Å². The van der Waals surface area contributed by atoms with E-state index in [1.54, 1.807) is 0 Å². The zero-order chi connectivity index (χ0) is 14.1. The number of fused-ring (bicyclic) bond motifs is 1. The first-order chi connectivity index (χ1) is 9.65. The van der Waals surface area contributed by atoms with Crippen LogP contribution in [-0.2, 0) is 0 Å². The molecule has 0 bridgehead atoms. The first-order valence-corrected chi connectivity index (χ1v) is 6.86. The molecular formula is C17H18N2O. The van der Waals surface area contributed by atoms with E-state index in [1.165, 1.54) is 0 Å². The number of rotatable bonds is 1. The Morgan fingerprint density at radius 1 is 1.10 bits per heavy atom. The Morgan fingerprint density at radius 3 is 2.60 bits per heavy atom. The molecule has 1 aliphatic rings. The van der Waals surface area contributed by atoms with Crippen molar-refractivity contribution >= 4 is 11.6 Å². The van der Waals surface area contributed by atoms with Crippen LogP contribution in [0.5, 0.6) is 0 Å². The topological polar surface area (TPSA) is 41.1 Å². The number of hydrogen-bond acceptors (Lipinski definition) is 2. The summed E-state index contributed by atoms with van der Waals surface area (Å²) in [5.74, 6) is -0.00865. The van der Waals surface area contributed by atoms with Crippen molar-refractivity contribution in [3.8, 4) is 0 Å². The minimum absolute atomic E-state index is 0.00388. The highest BCUT2D eigenvalue weighted by Crippen LogP contribution is 2.27. The van der Waals surface area contributed by atoms with E-state index in [2.05, 4.69) is 16.7 Å². The van der Waals surface area contributed by atoms with Crippen LogP contribution in [0.1, 0.15) is 33.1 Å². The van der Waals surface area contributed by atoms with E-state index in [0.29, 0.717) is 6.54 Å². The smallest absolute Gasteiger partial charge is 0.253 e. The van der Waals surface area contributed by atoms with Gasteiger partial charge < -0.3 is 10.6 Å². The highest BCUT2D eigenvalue weighted by atomic mass is 16.1. The maximum atomic E-state index is 12.4. The number of nitrogens with one attached hydrogen (secondary N) is 2. The van der Waals surface area contributed by atoms with Gasteiger partial charge in [0, 0.05) is 12.2 Å². The molecule has 0 saturated heterocycles. The van der Waals surface area contributed by atoms with Gasteiger partial charge in [-0.3, -0.25) is 4.79 Å². The third-order valence-corrected chi connectivity index (χ3v) is 3.71. The Balaban J connectivity index is 1.97. The largest absolute Gasteiger partial charge is 0.382 e. The highest BCUT2D eigenvalue weighted by Gasteiger charge is 2.23. The number of amides is 1. The van der Waals surface area contributed by atoms with E-state index in [-0.39, 0.29) is 11.9 Å². The van der Waals surface area contributed by atoms with E-state index in [9.17, 15) is 4.79 Å². The molecule has 3 nitrogen and oxygen atoms in total. The number of carbonyl (C=O) groups is 1. The molecule has 0 radical (unpaired) electrons.